The van der Waals surface area contributed by atoms with Crippen LogP contribution in [0.5, 0.6) is 5.75 Å². The van der Waals surface area contributed by atoms with Gasteiger partial charge in [-0.05, 0) is 110 Å². The van der Waals surface area contributed by atoms with E-state index in [0.717, 1.165) is 54.5 Å². The minimum atomic E-state index is -0.523. The molecule has 0 fully saturated rings. The predicted molar refractivity (Wildman–Crippen MR) is 184 cm³/mol. The van der Waals surface area contributed by atoms with Gasteiger partial charge in [-0.3, -0.25) is 0 Å². The van der Waals surface area contributed by atoms with Crippen molar-refractivity contribution in [1.82, 2.24) is 0 Å². The van der Waals surface area contributed by atoms with Gasteiger partial charge >= 0.3 is 0 Å². The SMILES string of the molecule is CCC(O)(CC)CCCC(C)c1cccc(COc2ccc(C(C)(C)O[Si]C(C)(C)C)c(C(C)(C)O[Si]C(C)(C)C)c2)c1. The van der Waals surface area contributed by atoms with Gasteiger partial charge in [-0.15, -0.1) is 0 Å². The fourth-order valence-electron chi connectivity index (χ4n) is 4.97. The van der Waals surface area contributed by atoms with E-state index in [9.17, 15) is 5.11 Å². The zero-order valence-electron chi connectivity index (χ0n) is 29.5. The lowest BCUT2D eigenvalue weighted by Crippen LogP contribution is -2.34. The van der Waals surface area contributed by atoms with Crippen LogP contribution in [-0.2, 0) is 26.7 Å². The Balaban J connectivity index is 2.25. The van der Waals surface area contributed by atoms with Crippen molar-refractivity contribution in [3.63, 3.8) is 0 Å². The van der Waals surface area contributed by atoms with E-state index < -0.39 is 16.8 Å². The van der Waals surface area contributed by atoms with E-state index in [4.69, 9.17) is 13.6 Å². The van der Waals surface area contributed by atoms with E-state index in [1.807, 2.05) is 0 Å². The third kappa shape index (κ3) is 12.5. The summed E-state index contributed by atoms with van der Waals surface area (Å²) < 4.78 is 19.6. The van der Waals surface area contributed by atoms with Crippen LogP contribution < -0.4 is 4.74 Å². The van der Waals surface area contributed by atoms with Gasteiger partial charge < -0.3 is 18.7 Å². The molecule has 0 aromatic heterocycles. The summed E-state index contributed by atoms with van der Waals surface area (Å²) in [5.74, 6) is 1.27. The summed E-state index contributed by atoms with van der Waals surface area (Å²) in [7, 11) is 0.742. The lowest BCUT2D eigenvalue weighted by Gasteiger charge is -2.37. The molecule has 0 amide bonds. The van der Waals surface area contributed by atoms with Crippen LogP contribution in [0, 0.1) is 0 Å². The Hall–Kier alpha value is -1.45. The fraction of sp³-hybridized carbons (Fsp3) is 0.676. The average molecular weight is 625 g/mol. The molecule has 1 N–H and O–H groups in total. The molecule has 0 saturated heterocycles. The first-order chi connectivity index (χ1) is 19.7. The zero-order valence-corrected chi connectivity index (χ0v) is 31.5. The molecule has 0 heterocycles. The van der Waals surface area contributed by atoms with Crippen molar-refractivity contribution in [2.45, 2.75) is 162 Å². The molecule has 0 aliphatic carbocycles. The van der Waals surface area contributed by atoms with Crippen LogP contribution in [-0.4, -0.2) is 30.2 Å². The number of benzene rings is 2. The maximum absolute atomic E-state index is 10.7. The molecule has 1 atom stereocenters. The molecular formula is C37H60O4Si2. The van der Waals surface area contributed by atoms with Gasteiger partial charge in [-0.2, -0.15) is 0 Å². The summed E-state index contributed by atoms with van der Waals surface area (Å²) in [5, 5.41) is 10.8. The molecule has 6 heteroatoms. The Labute approximate surface area is 269 Å². The summed E-state index contributed by atoms with van der Waals surface area (Å²) in [6.07, 6.45) is 4.58. The highest BCUT2D eigenvalue weighted by atomic mass is 28.2. The van der Waals surface area contributed by atoms with Crippen molar-refractivity contribution in [3.05, 3.63) is 64.7 Å². The van der Waals surface area contributed by atoms with Gasteiger partial charge in [0.05, 0.1) is 16.8 Å². The van der Waals surface area contributed by atoms with Crippen LogP contribution in [0.25, 0.3) is 0 Å². The van der Waals surface area contributed by atoms with Gasteiger partial charge in [-0.25, -0.2) is 0 Å². The first kappa shape index (κ1) is 37.7. The largest absolute Gasteiger partial charge is 0.489 e. The lowest BCUT2D eigenvalue weighted by molar-refractivity contribution is 0.0209. The third-order valence-corrected chi connectivity index (χ3v) is 10.5. The topological polar surface area (TPSA) is 47.9 Å². The minimum Gasteiger partial charge on any atom is -0.489 e. The fourth-order valence-corrected chi connectivity index (χ4v) is 6.31. The van der Waals surface area contributed by atoms with E-state index in [2.05, 4.69) is 132 Å². The van der Waals surface area contributed by atoms with Crippen LogP contribution >= 0.6 is 0 Å². The van der Waals surface area contributed by atoms with Gasteiger partial charge in [0.1, 0.15) is 12.4 Å². The van der Waals surface area contributed by atoms with Crippen LogP contribution in [0.4, 0.5) is 0 Å². The van der Waals surface area contributed by atoms with Gasteiger partial charge in [0, 0.05) is 0 Å². The monoisotopic (exact) mass is 624 g/mol. The summed E-state index contributed by atoms with van der Waals surface area (Å²) in [4.78, 5) is 0. The second kappa shape index (κ2) is 15.2. The molecule has 0 aliphatic rings. The quantitative estimate of drug-likeness (QED) is 0.189. The number of aliphatic hydroxyl groups is 1. The second-order valence-electron chi connectivity index (χ2n) is 15.4. The molecule has 0 spiro atoms. The molecule has 240 valence electrons. The molecule has 2 rings (SSSR count). The van der Waals surface area contributed by atoms with Gasteiger partial charge in [0.15, 0.2) is 0 Å². The normalized spacial score (nSPS) is 14.2. The Morgan fingerprint density at radius 1 is 0.744 bits per heavy atom. The molecule has 0 aliphatic heterocycles. The van der Waals surface area contributed by atoms with E-state index in [0.29, 0.717) is 32.1 Å². The van der Waals surface area contributed by atoms with E-state index in [1.54, 1.807) is 0 Å². The smallest absolute Gasteiger partial charge is 0.236 e. The highest BCUT2D eigenvalue weighted by molar-refractivity contribution is 6.32. The van der Waals surface area contributed by atoms with Crippen molar-refractivity contribution < 1.29 is 18.7 Å². The molecule has 2 aromatic rings. The van der Waals surface area contributed by atoms with Crippen molar-refractivity contribution >= 4 is 19.5 Å². The molecule has 0 saturated carbocycles. The second-order valence-corrected chi connectivity index (χ2v) is 19.2. The number of hydrogen-bond acceptors (Lipinski definition) is 4. The van der Waals surface area contributed by atoms with Crippen LogP contribution in [0.3, 0.4) is 0 Å². The predicted octanol–water partition coefficient (Wildman–Crippen LogP) is 10.3. The Morgan fingerprint density at radius 2 is 1.30 bits per heavy atom. The van der Waals surface area contributed by atoms with Crippen molar-refractivity contribution in [2.75, 3.05) is 0 Å². The Morgan fingerprint density at radius 3 is 1.84 bits per heavy atom. The van der Waals surface area contributed by atoms with Gasteiger partial charge in [0.2, 0.25) is 19.5 Å². The maximum atomic E-state index is 10.7. The summed E-state index contributed by atoms with van der Waals surface area (Å²) in [6, 6.07) is 15.1. The van der Waals surface area contributed by atoms with Crippen LogP contribution in [0.1, 0.15) is 150 Å². The molecule has 4 radical (unpaired) electrons. The number of rotatable bonds is 16. The minimum absolute atomic E-state index is 0.0839. The lowest BCUT2D eigenvalue weighted by atomic mass is 9.85. The molecular weight excluding hydrogens is 565 g/mol. The highest BCUT2D eigenvalue weighted by Crippen LogP contribution is 2.40. The number of hydrogen-bond donors (Lipinski definition) is 1. The zero-order chi connectivity index (χ0) is 32.7. The van der Waals surface area contributed by atoms with Crippen molar-refractivity contribution in [2.24, 2.45) is 0 Å². The first-order valence-electron chi connectivity index (χ1n) is 16.2. The highest BCUT2D eigenvalue weighted by Gasteiger charge is 2.34. The van der Waals surface area contributed by atoms with Crippen LogP contribution in [0.2, 0.25) is 10.1 Å². The van der Waals surface area contributed by atoms with E-state index in [-0.39, 0.29) is 10.1 Å². The third-order valence-electron chi connectivity index (χ3n) is 8.03. The standard InChI is InChI=1S/C37H60O4Si2/c1-14-37(38,15-2)23-17-18-27(3)29-20-16-19-28(24-29)26-39-30-21-22-31(35(10,11)40-42-33(4,5)6)32(25-30)36(12,13)41-43-34(7,8)9/h16,19-22,24-25,27,38H,14-15,17-18,23,26H2,1-13H3. The summed E-state index contributed by atoms with van der Waals surface area (Å²) in [6.45, 7) is 28.8. The summed E-state index contributed by atoms with van der Waals surface area (Å²) in [5.41, 5.74) is 3.22. The van der Waals surface area contributed by atoms with Gasteiger partial charge in [-0.1, -0.05) is 92.6 Å². The Kier molecular flexibility index (Phi) is 13.4. The molecule has 1 unspecified atom stereocenters. The van der Waals surface area contributed by atoms with E-state index >= 15 is 0 Å². The van der Waals surface area contributed by atoms with Crippen molar-refractivity contribution in [3.8, 4) is 5.75 Å². The average Bonchev–Trinajstić information content (AvgIpc) is 2.93. The summed E-state index contributed by atoms with van der Waals surface area (Å²) >= 11 is 0. The van der Waals surface area contributed by atoms with E-state index in [1.165, 1.54) is 5.56 Å². The Bertz CT molecular complexity index is 1140. The van der Waals surface area contributed by atoms with Crippen molar-refractivity contribution in [1.29, 1.82) is 0 Å². The number of ether oxygens (including phenoxy) is 1. The van der Waals surface area contributed by atoms with Crippen LogP contribution in [0.15, 0.2) is 42.5 Å². The maximum Gasteiger partial charge on any atom is 0.236 e. The molecule has 43 heavy (non-hydrogen) atoms. The molecule has 4 nitrogen and oxygen atoms in total. The van der Waals surface area contributed by atoms with Gasteiger partial charge in [0.25, 0.3) is 0 Å². The molecule has 0 bridgehead atoms. The first-order valence-corrected chi connectivity index (χ1v) is 18.0. The molecule has 2 aromatic carbocycles.